The van der Waals surface area contributed by atoms with Crippen LogP contribution in [0.15, 0.2) is 29.1 Å². The number of nitrogens with one attached hydrogen (secondary N) is 2. The highest BCUT2D eigenvalue weighted by atomic mass is 35.5. The van der Waals surface area contributed by atoms with E-state index in [1.807, 2.05) is 24.3 Å². The summed E-state index contributed by atoms with van der Waals surface area (Å²) < 4.78 is 1.69. The number of benzene rings is 1. The van der Waals surface area contributed by atoms with E-state index < -0.39 is 0 Å². The lowest BCUT2D eigenvalue weighted by Crippen LogP contribution is -3.08. The molecule has 0 saturated heterocycles. The quantitative estimate of drug-likeness (QED) is 0.670. The highest BCUT2D eigenvalue weighted by molar-refractivity contribution is 7.18. The number of likely N-dealkylation sites (N-methyl/N-ethyl adjacent to an activating group) is 1. The molecule has 1 aliphatic rings. The minimum Gasteiger partial charge on any atom is -0.355 e. The van der Waals surface area contributed by atoms with E-state index in [2.05, 4.69) is 26.2 Å². The van der Waals surface area contributed by atoms with E-state index in [1.54, 1.807) is 15.9 Å². The van der Waals surface area contributed by atoms with Crippen LogP contribution in [0.1, 0.15) is 30.7 Å². The summed E-state index contributed by atoms with van der Waals surface area (Å²) in [5, 5.41) is 4.78. The lowest BCUT2D eigenvalue weighted by molar-refractivity contribution is -0.895. The molecule has 0 radical (unpaired) electrons. The lowest BCUT2D eigenvalue weighted by Gasteiger charge is -2.19. The molecule has 148 valence electrons. The first-order valence-corrected chi connectivity index (χ1v) is 11.0. The van der Waals surface area contributed by atoms with Crippen LogP contribution >= 0.6 is 22.9 Å². The van der Waals surface area contributed by atoms with Gasteiger partial charge in [0.1, 0.15) is 11.4 Å². The van der Waals surface area contributed by atoms with E-state index in [0.717, 1.165) is 48.4 Å². The smallest absolute Gasteiger partial charge is 0.268 e. The molecule has 2 aromatic heterocycles. The number of aromatic nitrogens is 2. The van der Waals surface area contributed by atoms with Gasteiger partial charge in [-0.1, -0.05) is 31.5 Å². The van der Waals surface area contributed by atoms with Gasteiger partial charge in [0, 0.05) is 18.0 Å². The van der Waals surface area contributed by atoms with Crippen LogP contribution in [0.2, 0.25) is 5.02 Å². The average Bonchev–Trinajstić information content (AvgIpc) is 2.99. The van der Waals surface area contributed by atoms with Crippen molar-refractivity contribution in [1.82, 2.24) is 9.55 Å². The van der Waals surface area contributed by atoms with Gasteiger partial charge < -0.3 is 10.2 Å². The summed E-state index contributed by atoms with van der Waals surface area (Å²) in [6.45, 7) is 7.16. The molecular formula is C21H26ClN4OS+. The molecular weight excluding hydrogens is 392 g/mol. The molecule has 2 N–H and O–H groups in total. The minimum absolute atomic E-state index is 0.00336. The Bertz CT molecular complexity index is 1070. The molecule has 1 aromatic carbocycles. The summed E-state index contributed by atoms with van der Waals surface area (Å²) in [6, 6.07) is 7.42. The van der Waals surface area contributed by atoms with Crippen molar-refractivity contribution in [3.8, 4) is 5.69 Å². The van der Waals surface area contributed by atoms with Gasteiger partial charge in [0.25, 0.3) is 5.56 Å². The second-order valence-electron chi connectivity index (χ2n) is 7.98. The van der Waals surface area contributed by atoms with Crippen LogP contribution in [0.5, 0.6) is 0 Å². The average molecular weight is 418 g/mol. The van der Waals surface area contributed by atoms with Gasteiger partial charge in [0.2, 0.25) is 5.95 Å². The van der Waals surface area contributed by atoms with Gasteiger partial charge in [-0.25, -0.2) is 9.55 Å². The fourth-order valence-electron chi connectivity index (χ4n) is 3.71. The predicted molar refractivity (Wildman–Crippen MR) is 117 cm³/mol. The Kier molecular flexibility index (Phi) is 5.45. The molecule has 1 unspecified atom stereocenters. The molecule has 0 aliphatic carbocycles. The number of hydrogen-bond acceptors (Lipinski definition) is 4. The van der Waals surface area contributed by atoms with E-state index in [-0.39, 0.29) is 5.56 Å². The third kappa shape index (κ3) is 3.69. The van der Waals surface area contributed by atoms with Crippen molar-refractivity contribution in [3.63, 3.8) is 0 Å². The number of hydrogen-bond donors (Lipinski definition) is 2. The van der Waals surface area contributed by atoms with Crippen LogP contribution in [0, 0.1) is 5.92 Å². The SMILES string of the molecule is CC(C)CCNc1nc2sc3c(c2c(=O)n1-c1cccc(Cl)c1)CC[NH+](C)C3. The summed E-state index contributed by atoms with van der Waals surface area (Å²) >= 11 is 7.88. The van der Waals surface area contributed by atoms with Crippen LogP contribution in [-0.4, -0.2) is 29.7 Å². The van der Waals surface area contributed by atoms with Gasteiger partial charge in [-0.3, -0.25) is 4.79 Å². The molecule has 4 rings (SSSR count). The Morgan fingerprint density at radius 1 is 1.39 bits per heavy atom. The first-order chi connectivity index (χ1) is 13.4. The van der Waals surface area contributed by atoms with E-state index >= 15 is 0 Å². The molecule has 28 heavy (non-hydrogen) atoms. The molecule has 0 fully saturated rings. The monoisotopic (exact) mass is 417 g/mol. The number of halogens is 1. The van der Waals surface area contributed by atoms with Crippen molar-refractivity contribution in [2.75, 3.05) is 25.5 Å². The molecule has 3 aromatic rings. The molecule has 3 heterocycles. The van der Waals surface area contributed by atoms with Gasteiger partial charge >= 0.3 is 0 Å². The number of rotatable bonds is 5. The van der Waals surface area contributed by atoms with Crippen molar-refractivity contribution in [3.05, 3.63) is 50.1 Å². The van der Waals surface area contributed by atoms with Gasteiger partial charge in [-0.05, 0) is 36.1 Å². The van der Waals surface area contributed by atoms with Crippen LogP contribution < -0.4 is 15.8 Å². The molecule has 0 bridgehead atoms. The summed E-state index contributed by atoms with van der Waals surface area (Å²) in [6.07, 6.45) is 1.94. The summed E-state index contributed by atoms with van der Waals surface area (Å²) in [5.41, 5.74) is 1.93. The van der Waals surface area contributed by atoms with Gasteiger partial charge in [-0.2, -0.15) is 0 Å². The van der Waals surface area contributed by atoms with Gasteiger partial charge in [0.05, 0.1) is 29.5 Å². The molecule has 7 heteroatoms. The normalized spacial score (nSPS) is 16.5. The second kappa shape index (κ2) is 7.85. The maximum Gasteiger partial charge on any atom is 0.268 e. The van der Waals surface area contributed by atoms with E-state index in [1.165, 1.54) is 15.3 Å². The maximum absolute atomic E-state index is 13.6. The number of anilines is 1. The number of fused-ring (bicyclic) bond motifs is 3. The van der Waals surface area contributed by atoms with E-state index in [0.29, 0.717) is 16.9 Å². The van der Waals surface area contributed by atoms with Crippen LogP contribution in [-0.2, 0) is 13.0 Å². The Morgan fingerprint density at radius 2 is 2.21 bits per heavy atom. The first-order valence-electron chi connectivity index (χ1n) is 9.82. The van der Waals surface area contributed by atoms with E-state index in [4.69, 9.17) is 16.6 Å². The fraction of sp³-hybridized carbons (Fsp3) is 0.429. The molecule has 0 spiro atoms. The van der Waals surface area contributed by atoms with Crippen LogP contribution in [0.25, 0.3) is 15.9 Å². The van der Waals surface area contributed by atoms with Crippen molar-refractivity contribution < 1.29 is 4.90 Å². The topological polar surface area (TPSA) is 51.4 Å². The fourth-order valence-corrected chi connectivity index (χ4v) is 5.21. The maximum atomic E-state index is 13.6. The number of nitrogens with zero attached hydrogens (tertiary/aromatic N) is 2. The zero-order chi connectivity index (χ0) is 19.8. The van der Waals surface area contributed by atoms with Gasteiger partial charge in [0.15, 0.2) is 0 Å². The molecule has 1 aliphatic heterocycles. The Balaban J connectivity index is 1.90. The minimum atomic E-state index is -0.00336. The van der Waals surface area contributed by atoms with Crippen molar-refractivity contribution in [2.45, 2.75) is 33.2 Å². The van der Waals surface area contributed by atoms with Crippen molar-refractivity contribution in [1.29, 1.82) is 0 Å². The zero-order valence-electron chi connectivity index (χ0n) is 16.5. The number of quaternary nitrogens is 1. The first kappa shape index (κ1) is 19.4. The Hall–Kier alpha value is -1.89. The molecule has 5 nitrogen and oxygen atoms in total. The van der Waals surface area contributed by atoms with Crippen LogP contribution in [0.3, 0.4) is 0 Å². The summed E-state index contributed by atoms with van der Waals surface area (Å²) in [7, 11) is 2.20. The summed E-state index contributed by atoms with van der Waals surface area (Å²) in [5.74, 6) is 1.18. The van der Waals surface area contributed by atoms with Gasteiger partial charge in [-0.15, -0.1) is 11.3 Å². The Morgan fingerprint density at radius 3 is 2.96 bits per heavy atom. The third-order valence-electron chi connectivity index (χ3n) is 5.24. The molecule has 0 saturated carbocycles. The third-order valence-corrected chi connectivity index (χ3v) is 6.60. The van der Waals surface area contributed by atoms with E-state index in [9.17, 15) is 4.79 Å². The molecule has 1 atom stereocenters. The summed E-state index contributed by atoms with van der Waals surface area (Å²) in [4.78, 5) is 22.1. The van der Waals surface area contributed by atoms with Crippen molar-refractivity contribution >= 4 is 39.1 Å². The second-order valence-corrected chi connectivity index (χ2v) is 9.50. The zero-order valence-corrected chi connectivity index (χ0v) is 18.1. The van der Waals surface area contributed by atoms with Crippen LogP contribution in [0.4, 0.5) is 5.95 Å². The largest absolute Gasteiger partial charge is 0.355 e. The molecule has 0 amide bonds. The Labute approximate surface area is 174 Å². The highest BCUT2D eigenvalue weighted by Gasteiger charge is 2.26. The standard InChI is InChI=1S/C21H25ClN4OS/c1-13(2)7-9-23-21-24-19-18(16-8-10-25(3)12-17(16)28-19)20(27)26(21)15-6-4-5-14(22)11-15/h4-6,11,13H,7-10,12H2,1-3H3,(H,23,24)/p+1. The highest BCUT2D eigenvalue weighted by Crippen LogP contribution is 2.31. The van der Waals surface area contributed by atoms with Crippen molar-refractivity contribution in [2.24, 2.45) is 5.92 Å². The number of thiophene rings is 1. The predicted octanol–water partition coefficient (Wildman–Crippen LogP) is 3.13. The lowest BCUT2D eigenvalue weighted by atomic mass is 10.1.